The van der Waals surface area contributed by atoms with E-state index in [1.54, 1.807) is 6.92 Å². The third-order valence-corrected chi connectivity index (χ3v) is 6.02. The average Bonchev–Trinajstić information content (AvgIpc) is 2.70. The smallest absolute Gasteiger partial charge is 0.306 e. The average molecular weight is 449 g/mol. The maximum Gasteiger partial charge on any atom is 0.306 e. The number of allylic oxidation sites excluding steroid dienone is 1. The van der Waals surface area contributed by atoms with Crippen LogP contribution in [-0.4, -0.2) is 41.3 Å². The molecule has 4 atom stereocenters. The fourth-order valence-corrected chi connectivity index (χ4v) is 4.11. The van der Waals surface area contributed by atoms with E-state index in [1.165, 1.54) is 18.7 Å². The molecule has 0 saturated carbocycles. The van der Waals surface area contributed by atoms with Gasteiger partial charge in [0, 0.05) is 19.4 Å². The van der Waals surface area contributed by atoms with Gasteiger partial charge in [0.25, 0.3) is 0 Å². The quantitative estimate of drug-likeness (QED) is 0.229. The normalized spacial score (nSPS) is 15.4. The van der Waals surface area contributed by atoms with E-state index in [-0.39, 0.29) is 17.0 Å². The van der Waals surface area contributed by atoms with Crippen LogP contribution in [0.5, 0.6) is 0 Å². The van der Waals surface area contributed by atoms with Gasteiger partial charge in [0.05, 0.1) is 5.92 Å². The van der Waals surface area contributed by atoms with Gasteiger partial charge in [-0.2, -0.15) is 0 Å². The number of carboxylic acids is 1. The molecule has 7 heteroatoms. The van der Waals surface area contributed by atoms with Gasteiger partial charge in [0.15, 0.2) is 6.10 Å². The molecule has 0 heterocycles. The predicted octanol–water partition coefficient (Wildman–Crippen LogP) is 4.75. The zero-order valence-electron chi connectivity index (χ0n) is 19.1. The number of carbonyl (C=O) groups excluding carboxylic acids is 1. The Morgan fingerprint density at radius 3 is 2.35 bits per heavy atom. The molecule has 0 aliphatic carbocycles. The molecule has 0 bridgehead atoms. The Bertz CT molecular complexity index is 736. The second-order valence-electron chi connectivity index (χ2n) is 8.21. The van der Waals surface area contributed by atoms with Crippen molar-refractivity contribution < 1.29 is 19.4 Å². The van der Waals surface area contributed by atoms with Crippen LogP contribution in [0.3, 0.4) is 0 Å². The van der Waals surface area contributed by atoms with Crippen LogP contribution in [0.25, 0.3) is 0 Å². The van der Waals surface area contributed by atoms with Gasteiger partial charge in [-0.15, -0.1) is 0 Å². The number of nitrogens with one attached hydrogen (secondary N) is 2. The number of carbonyl (C=O) groups is 2. The zero-order valence-corrected chi connectivity index (χ0v) is 19.9. The van der Waals surface area contributed by atoms with Crippen molar-refractivity contribution in [2.45, 2.75) is 59.1 Å². The summed E-state index contributed by atoms with van der Waals surface area (Å²) in [5.41, 5.74) is 1.14. The Hall–Kier alpha value is -2.12. The van der Waals surface area contributed by atoms with Gasteiger partial charge in [-0.25, -0.2) is 0 Å². The van der Waals surface area contributed by atoms with Gasteiger partial charge in [-0.3, -0.25) is 15.0 Å². The summed E-state index contributed by atoms with van der Waals surface area (Å²) in [6.07, 6.45) is 3.12. The topological polar surface area (TPSA) is 99.5 Å². The van der Waals surface area contributed by atoms with Gasteiger partial charge >= 0.3 is 11.9 Å². The minimum absolute atomic E-state index is 0.0293. The van der Waals surface area contributed by atoms with Crippen molar-refractivity contribution in [2.24, 2.45) is 17.8 Å². The molecule has 0 saturated heterocycles. The highest BCUT2D eigenvalue weighted by atomic mass is 32.2. The molecule has 0 amide bonds. The first-order chi connectivity index (χ1) is 14.6. The summed E-state index contributed by atoms with van der Waals surface area (Å²) in [5.74, 6) is -1.31. The summed E-state index contributed by atoms with van der Waals surface area (Å²) in [6, 6.07) is 10.1. The number of benzene rings is 1. The molecule has 0 aliphatic rings. The van der Waals surface area contributed by atoms with Crippen LogP contribution in [0.1, 0.15) is 46.1 Å². The van der Waals surface area contributed by atoms with Crippen molar-refractivity contribution in [3.05, 3.63) is 47.4 Å². The summed E-state index contributed by atoms with van der Waals surface area (Å²) in [6.45, 7) is 7.23. The highest BCUT2D eigenvalue weighted by Gasteiger charge is 2.24. The molecule has 6 nitrogen and oxygen atoms in total. The van der Waals surface area contributed by atoms with Crippen LogP contribution in [-0.2, 0) is 20.7 Å². The molecule has 3 N–H and O–H groups in total. The number of esters is 1. The van der Waals surface area contributed by atoms with E-state index in [0.29, 0.717) is 18.8 Å². The first-order valence-corrected chi connectivity index (χ1v) is 11.5. The maximum atomic E-state index is 11.5. The molecule has 0 radical (unpaired) electrons. The molecule has 1 aromatic rings. The van der Waals surface area contributed by atoms with E-state index < -0.39 is 24.0 Å². The molecule has 0 spiro atoms. The molecule has 0 aromatic heterocycles. The first kappa shape index (κ1) is 26.9. The second-order valence-corrected chi connectivity index (χ2v) is 9.16. The van der Waals surface area contributed by atoms with Gasteiger partial charge in [0.1, 0.15) is 5.04 Å². The molecular formula is C24H36N2O4S. The number of aliphatic carboxylic acids is 1. The monoisotopic (exact) mass is 448 g/mol. The van der Waals surface area contributed by atoms with E-state index in [0.717, 1.165) is 12.0 Å². The second kappa shape index (κ2) is 14.0. The predicted molar refractivity (Wildman–Crippen MR) is 127 cm³/mol. The molecular weight excluding hydrogens is 412 g/mol. The molecule has 0 aliphatic heterocycles. The molecule has 4 unspecified atom stereocenters. The first-order valence-electron chi connectivity index (χ1n) is 10.7. The SMILES string of the molecule is CNC(CC(OC(C)=O)C(=N)S/C=C/C(Cc1ccccc1)CC(C)C(=O)O)C(C)C. The lowest BCUT2D eigenvalue weighted by atomic mass is 9.90. The summed E-state index contributed by atoms with van der Waals surface area (Å²) in [7, 11) is 1.87. The Morgan fingerprint density at radius 1 is 1.19 bits per heavy atom. The largest absolute Gasteiger partial charge is 0.481 e. The third kappa shape index (κ3) is 10.6. The highest BCUT2D eigenvalue weighted by Crippen LogP contribution is 2.23. The Kier molecular flexibility index (Phi) is 12.2. The fourth-order valence-electron chi connectivity index (χ4n) is 3.36. The van der Waals surface area contributed by atoms with Crippen LogP contribution in [0, 0.1) is 23.2 Å². The van der Waals surface area contributed by atoms with Gasteiger partial charge in [-0.05, 0) is 42.7 Å². The molecule has 172 valence electrons. The van der Waals surface area contributed by atoms with E-state index >= 15 is 0 Å². The van der Waals surface area contributed by atoms with Crippen molar-refractivity contribution in [3.63, 3.8) is 0 Å². The Balaban J connectivity index is 2.86. The van der Waals surface area contributed by atoms with Gasteiger partial charge < -0.3 is 15.2 Å². The van der Waals surface area contributed by atoms with E-state index in [9.17, 15) is 14.7 Å². The lowest BCUT2D eigenvalue weighted by molar-refractivity contribution is -0.144. The number of ether oxygens (including phenoxy) is 1. The maximum absolute atomic E-state index is 11.5. The lowest BCUT2D eigenvalue weighted by Gasteiger charge is -2.25. The van der Waals surface area contributed by atoms with E-state index in [2.05, 4.69) is 19.2 Å². The summed E-state index contributed by atoms with van der Waals surface area (Å²) in [4.78, 5) is 22.9. The molecule has 0 fully saturated rings. The summed E-state index contributed by atoms with van der Waals surface area (Å²) < 4.78 is 5.41. The van der Waals surface area contributed by atoms with Crippen molar-refractivity contribution in [1.29, 1.82) is 5.41 Å². The van der Waals surface area contributed by atoms with E-state index in [1.807, 2.05) is 48.9 Å². The van der Waals surface area contributed by atoms with Crippen molar-refractivity contribution in [3.8, 4) is 0 Å². The number of carboxylic acid groups (broad SMARTS) is 1. The minimum Gasteiger partial charge on any atom is -0.481 e. The van der Waals surface area contributed by atoms with E-state index in [4.69, 9.17) is 10.1 Å². The standard InChI is InChI=1S/C24H36N2O4S/c1-16(2)21(26-5)15-22(30-18(4)27)23(25)31-12-11-20(13-17(3)24(28)29)14-19-9-7-6-8-10-19/h6-12,16-17,20-22,25-26H,13-15H2,1-5H3,(H,28,29)/b12-11+,25-23?. The van der Waals surface area contributed by atoms with Crippen LogP contribution in [0.4, 0.5) is 0 Å². The molecule has 31 heavy (non-hydrogen) atoms. The van der Waals surface area contributed by atoms with Crippen molar-refractivity contribution in [1.82, 2.24) is 5.32 Å². The fraction of sp³-hybridized carbons (Fsp3) is 0.542. The number of hydrogen-bond donors (Lipinski definition) is 3. The summed E-state index contributed by atoms with van der Waals surface area (Å²) in [5, 5.41) is 23.0. The van der Waals surface area contributed by atoms with Crippen LogP contribution in [0.2, 0.25) is 0 Å². The van der Waals surface area contributed by atoms with Gasteiger partial charge in [-0.1, -0.05) is 68.9 Å². The Morgan fingerprint density at radius 2 is 1.84 bits per heavy atom. The van der Waals surface area contributed by atoms with Crippen LogP contribution < -0.4 is 5.32 Å². The number of rotatable bonds is 13. The zero-order chi connectivity index (χ0) is 23.4. The van der Waals surface area contributed by atoms with Gasteiger partial charge in [0.2, 0.25) is 0 Å². The van der Waals surface area contributed by atoms with Crippen LogP contribution >= 0.6 is 11.8 Å². The van der Waals surface area contributed by atoms with Crippen LogP contribution in [0.15, 0.2) is 41.8 Å². The number of thioether (sulfide) groups is 1. The third-order valence-electron chi connectivity index (χ3n) is 5.21. The Labute approximate surface area is 190 Å². The molecule has 1 rings (SSSR count). The highest BCUT2D eigenvalue weighted by molar-refractivity contribution is 8.16. The van der Waals surface area contributed by atoms with Crippen molar-refractivity contribution in [2.75, 3.05) is 7.05 Å². The summed E-state index contributed by atoms with van der Waals surface area (Å²) >= 11 is 1.22. The number of hydrogen-bond acceptors (Lipinski definition) is 6. The lowest BCUT2D eigenvalue weighted by Crippen LogP contribution is -2.38. The minimum atomic E-state index is -0.812. The van der Waals surface area contributed by atoms with Crippen molar-refractivity contribution >= 4 is 28.7 Å². The molecule has 1 aromatic carbocycles.